The summed E-state index contributed by atoms with van der Waals surface area (Å²) in [6.07, 6.45) is 8.42. The summed E-state index contributed by atoms with van der Waals surface area (Å²) in [5.74, 6) is 0. The molecule has 0 fully saturated rings. The van der Waals surface area contributed by atoms with Crippen molar-refractivity contribution in [3.8, 4) is 0 Å². The Kier molecular flexibility index (Phi) is 3.94. The van der Waals surface area contributed by atoms with Crippen molar-refractivity contribution in [2.24, 2.45) is 0 Å². The number of ether oxygens (including phenoxy) is 1. The Morgan fingerprint density at radius 2 is 2.47 bits per heavy atom. The Morgan fingerprint density at radius 1 is 1.53 bits per heavy atom. The minimum absolute atomic E-state index is 0.281. The summed E-state index contributed by atoms with van der Waals surface area (Å²) >= 11 is 3.44. The zero-order valence-electron chi connectivity index (χ0n) is 10.8. The van der Waals surface area contributed by atoms with Crippen molar-refractivity contribution in [2.45, 2.75) is 23.3 Å². The molecule has 0 aliphatic carbocycles. The number of nitrogens with one attached hydrogen (secondary N) is 1. The molecule has 1 aliphatic rings. The third-order valence-electron chi connectivity index (χ3n) is 3.10. The van der Waals surface area contributed by atoms with E-state index in [0.717, 1.165) is 34.9 Å². The number of nitrogens with zero attached hydrogens (tertiary/aromatic N) is 1. The number of hydrogen-bond acceptors (Lipinski definition) is 5. The SMILES string of the molecule is CSc1nc2ccc(NCC3CCC=CO3)cc2s1. The predicted octanol–water partition coefficient (Wildman–Crippen LogP) is 4.12. The van der Waals surface area contributed by atoms with Crippen LogP contribution in [0.1, 0.15) is 12.8 Å². The van der Waals surface area contributed by atoms with Gasteiger partial charge in [-0.25, -0.2) is 4.98 Å². The third-order valence-corrected chi connectivity index (χ3v) is 5.10. The summed E-state index contributed by atoms with van der Waals surface area (Å²) in [5, 5.41) is 3.45. The summed E-state index contributed by atoms with van der Waals surface area (Å²) < 4.78 is 7.91. The lowest BCUT2D eigenvalue weighted by atomic mass is 10.1. The average Bonchev–Trinajstić information content (AvgIpc) is 2.88. The van der Waals surface area contributed by atoms with Gasteiger partial charge in [-0.2, -0.15) is 0 Å². The highest BCUT2D eigenvalue weighted by molar-refractivity contribution is 8.00. The second-order valence-corrected chi connectivity index (χ2v) is 6.54. The highest BCUT2D eigenvalue weighted by Gasteiger charge is 2.10. The van der Waals surface area contributed by atoms with Crippen molar-refractivity contribution in [3.63, 3.8) is 0 Å². The predicted molar refractivity (Wildman–Crippen MR) is 83.1 cm³/mol. The summed E-state index contributed by atoms with van der Waals surface area (Å²) in [6, 6.07) is 6.34. The lowest BCUT2D eigenvalue weighted by Gasteiger charge is -2.20. The molecule has 3 rings (SSSR count). The third kappa shape index (κ3) is 3.04. The standard InChI is InChI=1S/C14H16N2OS2/c1-18-14-16-12-6-5-10(8-13(12)19-14)15-9-11-4-2-3-7-17-11/h3,5-8,11,15H,2,4,9H2,1H3. The van der Waals surface area contributed by atoms with Gasteiger partial charge in [-0.3, -0.25) is 0 Å². The Bertz CT molecular complexity index is 594. The van der Waals surface area contributed by atoms with Crippen molar-refractivity contribution < 1.29 is 4.74 Å². The number of aromatic nitrogens is 1. The van der Waals surface area contributed by atoms with Crippen molar-refractivity contribution >= 4 is 39.0 Å². The van der Waals surface area contributed by atoms with E-state index >= 15 is 0 Å². The number of thioether (sulfide) groups is 1. The van der Waals surface area contributed by atoms with Crippen LogP contribution in [0.4, 0.5) is 5.69 Å². The zero-order chi connectivity index (χ0) is 13.1. The van der Waals surface area contributed by atoms with Crippen LogP contribution in [0.15, 0.2) is 34.9 Å². The van der Waals surface area contributed by atoms with E-state index in [-0.39, 0.29) is 6.10 Å². The number of fused-ring (bicyclic) bond motifs is 1. The van der Waals surface area contributed by atoms with Crippen LogP contribution in [0, 0.1) is 0 Å². The van der Waals surface area contributed by atoms with E-state index < -0.39 is 0 Å². The number of hydrogen-bond donors (Lipinski definition) is 1. The van der Waals surface area contributed by atoms with Crippen LogP contribution in [0.2, 0.25) is 0 Å². The molecule has 1 aromatic heterocycles. The van der Waals surface area contributed by atoms with Gasteiger partial charge >= 0.3 is 0 Å². The monoisotopic (exact) mass is 292 g/mol. The zero-order valence-corrected chi connectivity index (χ0v) is 12.4. The van der Waals surface area contributed by atoms with Crippen molar-refractivity contribution in [1.82, 2.24) is 4.98 Å². The average molecular weight is 292 g/mol. The Balaban J connectivity index is 1.68. The number of allylic oxidation sites excluding steroid dienone is 1. The maximum Gasteiger partial charge on any atom is 0.150 e. The Morgan fingerprint density at radius 3 is 3.26 bits per heavy atom. The fraction of sp³-hybridized carbons (Fsp3) is 0.357. The molecule has 0 radical (unpaired) electrons. The lowest BCUT2D eigenvalue weighted by molar-refractivity contribution is 0.135. The van der Waals surface area contributed by atoms with E-state index in [1.807, 2.05) is 6.26 Å². The van der Waals surface area contributed by atoms with Gasteiger partial charge in [-0.15, -0.1) is 11.3 Å². The normalized spacial score (nSPS) is 18.5. The van der Waals surface area contributed by atoms with Gasteiger partial charge in [0.15, 0.2) is 4.34 Å². The molecule has 0 amide bonds. The van der Waals surface area contributed by atoms with Crippen LogP contribution < -0.4 is 5.32 Å². The van der Waals surface area contributed by atoms with E-state index in [1.54, 1.807) is 23.1 Å². The van der Waals surface area contributed by atoms with Gasteiger partial charge in [0.1, 0.15) is 6.10 Å². The van der Waals surface area contributed by atoms with E-state index in [4.69, 9.17) is 4.74 Å². The molecule has 1 atom stereocenters. The van der Waals surface area contributed by atoms with Crippen molar-refractivity contribution in [3.05, 3.63) is 30.5 Å². The first kappa shape index (κ1) is 12.8. The van der Waals surface area contributed by atoms with Gasteiger partial charge < -0.3 is 10.1 Å². The molecule has 1 aliphatic heterocycles. The summed E-state index contributed by atoms with van der Waals surface area (Å²) in [4.78, 5) is 4.54. The molecule has 1 unspecified atom stereocenters. The highest BCUT2D eigenvalue weighted by Crippen LogP contribution is 2.30. The van der Waals surface area contributed by atoms with Crippen molar-refractivity contribution in [2.75, 3.05) is 18.1 Å². The van der Waals surface area contributed by atoms with E-state index in [0.29, 0.717) is 0 Å². The number of anilines is 1. The van der Waals surface area contributed by atoms with Gasteiger partial charge in [-0.05, 0) is 43.4 Å². The van der Waals surface area contributed by atoms with Crippen LogP contribution in [-0.4, -0.2) is 23.9 Å². The molecule has 0 saturated carbocycles. The number of rotatable bonds is 4. The maximum atomic E-state index is 5.55. The van der Waals surface area contributed by atoms with E-state index in [2.05, 4.69) is 40.8 Å². The summed E-state index contributed by atoms with van der Waals surface area (Å²) in [7, 11) is 0. The number of thiazole rings is 1. The second kappa shape index (κ2) is 5.84. The second-order valence-electron chi connectivity index (χ2n) is 4.45. The lowest BCUT2D eigenvalue weighted by Crippen LogP contribution is -2.22. The van der Waals surface area contributed by atoms with Crippen LogP contribution in [-0.2, 0) is 4.74 Å². The van der Waals surface area contributed by atoms with Gasteiger partial charge in [-0.1, -0.05) is 11.8 Å². The quantitative estimate of drug-likeness (QED) is 0.859. The fourth-order valence-electron chi connectivity index (χ4n) is 2.07. The Hall–Kier alpha value is -1.20. The molecule has 19 heavy (non-hydrogen) atoms. The van der Waals surface area contributed by atoms with Crippen LogP contribution in [0.3, 0.4) is 0 Å². The molecular weight excluding hydrogens is 276 g/mol. The van der Waals surface area contributed by atoms with Gasteiger partial charge in [0.05, 0.1) is 23.0 Å². The number of benzene rings is 1. The molecular formula is C14H16N2OS2. The molecule has 3 nitrogen and oxygen atoms in total. The Labute approximate surface area is 121 Å². The molecule has 1 N–H and O–H groups in total. The minimum atomic E-state index is 0.281. The first-order valence-corrected chi connectivity index (χ1v) is 8.38. The molecule has 0 saturated heterocycles. The molecule has 2 aromatic rings. The van der Waals surface area contributed by atoms with Gasteiger partial charge in [0, 0.05) is 5.69 Å². The van der Waals surface area contributed by atoms with Crippen LogP contribution in [0.5, 0.6) is 0 Å². The fourth-order valence-corrected chi connectivity index (χ4v) is 3.60. The largest absolute Gasteiger partial charge is 0.497 e. The first-order valence-electron chi connectivity index (χ1n) is 6.34. The smallest absolute Gasteiger partial charge is 0.150 e. The topological polar surface area (TPSA) is 34.2 Å². The highest BCUT2D eigenvalue weighted by atomic mass is 32.2. The molecule has 2 heterocycles. The molecule has 5 heteroatoms. The molecule has 1 aromatic carbocycles. The van der Waals surface area contributed by atoms with E-state index in [9.17, 15) is 0 Å². The summed E-state index contributed by atoms with van der Waals surface area (Å²) in [5.41, 5.74) is 2.22. The minimum Gasteiger partial charge on any atom is -0.497 e. The van der Waals surface area contributed by atoms with E-state index in [1.165, 1.54) is 4.70 Å². The molecule has 0 spiro atoms. The van der Waals surface area contributed by atoms with Crippen LogP contribution >= 0.6 is 23.1 Å². The van der Waals surface area contributed by atoms with Gasteiger partial charge in [0.25, 0.3) is 0 Å². The van der Waals surface area contributed by atoms with Gasteiger partial charge in [0.2, 0.25) is 0 Å². The first-order chi connectivity index (χ1) is 9.35. The molecule has 100 valence electrons. The summed E-state index contributed by atoms with van der Waals surface area (Å²) in [6.45, 7) is 0.851. The van der Waals surface area contributed by atoms with Crippen molar-refractivity contribution in [1.29, 1.82) is 0 Å². The molecule has 0 bridgehead atoms. The maximum absolute atomic E-state index is 5.55. The van der Waals surface area contributed by atoms with Crippen LogP contribution in [0.25, 0.3) is 10.2 Å².